The van der Waals surface area contributed by atoms with Gasteiger partial charge in [-0.1, -0.05) is 44.2 Å². The summed E-state index contributed by atoms with van der Waals surface area (Å²) in [5, 5.41) is 0. The molecule has 0 saturated heterocycles. The molecule has 1 unspecified atom stereocenters. The van der Waals surface area contributed by atoms with Gasteiger partial charge in [0.2, 0.25) is 0 Å². The Bertz CT molecular complexity index is 366. The quantitative estimate of drug-likeness (QED) is 0.761. The minimum Gasteiger partial charge on any atom is -0.300 e. The van der Waals surface area contributed by atoms with Crippen LogP contribution in [0.4, 0.5) is 0 Å². The van der Waals surface area contributed by atoms with Gasteiger partial charge >= 0.3 is 0 Å². The summed E-state index contributed by atoms with van der Waals surface area (Å²) >= 11 is 0. The molecule has 2 heteroatoms. The normalized spacial score (nSPS) is 12.5. The Kier molecular flexibility index (Phi) is 4.41. The van der Waals surface area contributed by atoms with Crippen LogP contribution in [0.5, 0.6) is 0 Å². The van der Waals surface area contributed by atoms with Crippen molar-refractivity contribution in [3.63, 3.8) is 0 Å². The molecule has 0 bridgehead atoms. The van der Waals surface area contributed by atoms with Crippen LogP contribution in [0, 0.1) is 5.92 Å². The van der Waals surface area contributed by atoms with Crippen LogP contribution in [0.15, 0.2) is 30.3 Å². The van der Waals surface area contributed by atoms with E-state index in [0.29, 0.717) is 6.42 Å². The summed E-state index contributed by atoms with van der Waals surface area (Å²) in [7, 11) is 0. The lowest BCUT2D eigenvalue weighted by Gasteiger charge is -2.16. The highest BCUT2D eigenvalue weighted by atomic mass is 16.1. The van der Waals surface area contributed by atoms with Gasteiger partial charge < -0.3 is 0 Å². The van der Waals surface area contributed by atoms with Crippen molar-refractivity contribution in [2.45, 2.75) is 33.1 Å². The summed E-state index contributed by atoms with van der Waals surface area (Å²) in [6.07, 6.45) is 0.307. The predicted molar refractivity (Wildman–Crippen MR) is 64.3 cm³/mol. The standard InChI is InChI=1S/C14H18O2/c1-10(2)14(16)13(9-11(3)15)12-7-5-4-6-8-12/h4-8,10,13H,9H2,1-3H3. The third kappa shape index (κ3) is 3.30. The first-order chi connectivity index (χ1) is 7.52. The minimum absolute atomic E-state index is 0.0374. The lowest BCUT2D eigenvalue weighted by Crippen LogP contribution is -2.20. The smallest absolute Gasteiger partial charge is 0.143 e. The molecule has 0 aromatic heterocycles. The third-order valence-corrected chi connectivity index (χ3v) is 2.61. The van der Waals surface area contributed by atoms with Crippen molar-refractivity contribution < 1.29 is 9.59 Å². The first kappa shape index (κ1) is 12.6. The van der Waals surface area contributed by atoms with Crippen LogP contribution >= 0.6 is 0 Å². The highest BCUT2D eigenvalue weighted by Gasteiger charge is 2.23. The minimum atomic E-state index is -0.279. The molecule has 0 radical (unpaired) electrons. The lowest BCUT2D eigenvalue weighted by atomic mass is 9.85. The van der Waals surface area contributed by atoms with E-state index in [1.807, 2.05) is 44.2 Å². The van der Waals surface area contributed by atoms with Crippen LogP contribution in [-0.2, 0) is 9.59 Å². The van der Waals surface area contributed by atoms with Gasteiger partial charge in [-0.3, -0.25) is 9.59 Å². The van der Waals surface area contributed by atoms with Crippen LogP contribution in [0.1, 0.15) is 38.7 Å². The average Bonchev–Trinajstić information content (AvgIpc) is 2.26. The van der Waals surface area contributed by atoms with E-state index in [1.165, 1.54) is 6.92 Å². The van der Waals surface area contributed by atoms with E-state index in [-0.39, 0.29) is 23.4 Å². The topological polar surface area (TPSA) is 34.1 Å². The number of carbonyl (C=O) groups is 2. The zero-order chi connectivity index (χ0) is 12.1. The van der Waals surface area contributed by atoms with Crippen LogP contribution in [0.3, 0.4) is 0 Å². The molecule has 0 N–H and O–H groups in total. The summed E-state index contributed by atoms with van der Waals surface area (Å²) < 4.78 is 0. The second-order valence-corrected chi connectivity index (χ2v) is 4.43. The molecule has 0 amide bonds. The molecule has 0 aliphatic heterocycles. The zero-order valence-corrected chi connectivity index (χ0v) is 10.1. The van der Waals surface area contributed by atoms with Crippen molar-refractivity contribution in [1.82, 2.24) is 0 Å². The van der Waals surface area contributed by atoms with Crippen molar-refractivity contribution in [2.75, 3.05) is 0 Å². The van der Waals surface area contributed by atoms with Crippen LogP contribution < -0.4 is 0 Å². The van der Waals surface area contributed by atoms with Gasteiger partial charge in [-0.15, -0.1) is 0 Å². The Labute approximate surface area is 96.7 Å². The Morgan fingerprint density at radius 3 is 2.12 bits per heavy atom. The maximum Gasteiger partial charge on any atom is 0.143 e. The fourth-order valence-electron chi connectivity index (χ4n) is 1.76. The fraction of sp³-hybridized carbons (Fsp3) is 0.429. The molecule has 1 atom stereocenters. The number of rotatable bonds is 5. The molecule has 86 valence electrons. The van der Waals surface area contributed by atoms with Crippen LogP contribution in [0.2, 0.25) is 0 Å². The van der Waals surface area contributed by atoms with E-state index in [9.17, 15) is 9.59 Å². The van der Waals surface area contributed by atoms with Gasteiger partial charge in [0.15, 0.2) is 0 Å². The summed E-state index contributed by atoms with van der Waals surface area (Å²) in [6.45, 7) is 5.28. The van der Waals surface area contributed by atoms with Crippen LogP contribution in [0.25, 0.3) is 0 Å². The largest absolute Gasteiger partial charge is 0.300 e. The molecule has 1 rings (SSSR count). The van der Waals surface area contributed by atoms with Crippen molar-refractivity contribution in [3.05, 3.63) is 35.9 Å². The summed E-state index contributed by atoms with van der Waals surface area (Å²) in [5.41, 5.74) is 0.941. The molecule has 0 heterocycles. The lowest BCUT2D eigenvalue weighted by molar-refractivity contribution is -0.126. The molecule has 16 heavy (non-hydrogen) atoms. The molecular weight excluding hydrogens is 200 g/mol. The first-order valence-electron chi connectivity index (χ1n) is 5.60. The van der Waals surface area contributed by atoms with E-state index in [4.69, 9.17) is 0 Å². The highest BCUT2D eigenvalue weighted by Crippen LogP contribution is 2.24. The van der Waals surface area contributed by atoms with Gasteiger partial charge in [0.25, 0.3) is 0 Å². The Balaban J connectivity index is 2.96. The Hall–Kier alpha value is -1.44. The molecule has 0 aliphatic rings. The zero-order valence-electron chi connectivity index (χ0n) is 10.1. The van der Waals surface area contributed by atoms with Crippen molar-refractivity contribution >= 4 is 11.6 Å². The predicted octanol–water partition coefficient (Wildman–Crippen LogP) is 2.97. The molecule has 0 aliphatic carbocycles. The van der Waals surface area contributed by atoms with Gasteiger partial charge in [-0.2, -0.15) is 0 Å². The van der Waals surface area contributed by atoms with Gasteiger partial charge in [0.05, 0.1) is 0 Å². The monoisotopic (exact) mass is 218 g/mol. The number of ketones is 2. The second-order valence-electron chi connectivity index (χ2n) is 4.43. The van der Waals surface area contributed by atoms with E-state index >= 15 is 0 Å². The van der Waals surface area contributed by atoms with Gasteiger partial charge in [0.1, 0.15) is 11.6 Å². The van der Waals surface area contributed by atoms with Crippen LogP contribution in [-0.4, -0.2) is 11.6 Å². The summed E-state index contributed by atoms with van der Waals surface area (Å²) in [4.78, 5) is 23.2. The van der Waals surface area contributed by atoms with Gasteiger partial charge in [-0.05, 0) is 12.5 Å². The number of Topliss-reactive ketones (excluding diaryl/α,β-unsaturated/α-hetero) is 2. The Morgan fingerprint density at radius 2 is 1.69 bits per heavy atom. The van der Waals surface area contributed by atoms with Gasteiger partial charge in [-0.25, -0.2) is 0 Å². The van der Waals surface area contributed by atoms with Crippen molar-refractivity contribution in [3.8, 4) is 0 Å². The fourth-order valence-corrected chi connectivity index (χ4v) is 1.76. The van der Waals surface area contributed by atoms with E-state index in [1.54, 1.807) is 0 Å². The average molecular weight is 218 g/mol. The number of hydrogen-bond donors (Lipinski definition) is 0. The number of carbonyl (C=O) groups excluding carboxylic acids is 2. The molecule has 0 saturated carbocycles. The number of benzene rings is 1. The molecule has 0 spiro atoms. The summed E-state index contributed by atoms with van der Waals surface area (Å²) in [5.74, 6) is -0.118. The highest BCUT2D eigenvalue weighted by molar-refractivity contribution is 5.92. The van der Waals surface area contributed by atoms with Crippen molar-refractivity contribution in [2.24, 2.45) is 5.92 Å². The molecule has 1 aromatic rings. The molecule has 0 fully saturated rings. The van der Waals surface area contributed by atoms with E-state index < -0.39 is 0 Å². The van der Waals surface area contributed by atoms with E-state index in [0.717, 1.165) is 5.56 Å². The third-order valence-electron chi connectivity index (χ3n) is 2.61. The summed E-state index contributed by atoms with van der Waals surface area (Å²) in [6, 6.07) is 9.53. The first-order valence-corrected chi connectivity index (χ1v) is 5.60. The Morgan fingerprint density at radius 1 is 1.12 bits per heavy atom. The number of hydrogen-bond acceptors (Lipinski definition) is 2. The second kappa shape index (κ2) is 5.59. The molecule has 2 nitrogen and oxygen atoms in total. The maximum atomic E-state index is 12.0. The van der Waals surface area contributed by atoms with E-state index in [2.05, 4.69) is 0 Å². The molecule has 1 aromatic carbocycles. The maximum absolute atomic E-state index is 12.0. The SMILES string of the molecule is CC(=O)CC(C(=O)C(C)C)c1ccccc1. The molecular formula is C14H18O2. The van der Waals surface area contributed by atoms with Crippen molar-refractivity contribution in [1.29, 1.82) is 0 Å². The van der Waals surface area contributed by atoms with Gasteiger partial charge in [0, 0.05) is 18.3 Å².